The monoisotopic (exact) mass is 627 g/mol. The van der Waals surface area contributed by atoms with Crippen molar-refractivity contribution in [2.45, 2.75) is 33.7 Å². The topological polar surface area (TPSA) is 85.7 Å². The van der Waals surface area contributed by atoms with Crippen LogP contribution in [-0.4, -0.2) is 29.2 Å². The van der Waals surface area contributed by atoms with Crippen molar-refractivity contribution < 1.29 is 14.3 Å². The second-order valence-corrected chi connectivity index (χ2v) is 12.5. The number of esters is 1. The molecule has 0 amide bonds. The van der Waals surface area contributed by atoms with Crippen LogP contribution in [-0.2, 0) is 9.53 Å². The third-order valence-electron chi connectivity index (χ3n) is 8.57. The largest absolute Gasteiger partial charge is 0.496 e. The van der Waals surface area contributed by atoms with Crippen LogP contribution in [0.15, 0.2) is 99.9 Å². The van der Waals surface area contributed by atoms with Crippen molar-refractivity contribution >= 4 is 45.1 Å². The Morgan fingerprint density at radius 3 is 2.52 bits per heavy atom. The zero-order valence-electron chi connectivity index (χ0n) is 26.3. The summed E-state index contributed by atoms with van der Waals surface area (Å²) in [6.45, 7) is 7.94. The summed E-state index contributed by atoms with van der Waals surface area (Å²) in [6, 6.07) is 25.4. The first kappa shape index (κ1) is 29.5. The van der Waals surface area contributed by atoms with Crippen LogP contribution in [0.1, 0.15) is 42.1 Å². The lowest BCUT2D eigenvalue weighted by molar-refractivity contribution is -0.139. The van der Waals surface area contributed by atoms with E-state index in [1.165, 1.54) is 11.3 Å². The van der Waals surface area contributed by atoms with Gasteiger partial charge in [0.05, 0.1) is 35.2 Å². The van der Waals surface area contributed by atoms with Crippen molar-refractivity contribution in [3.05, 3.63) is 132 Å². The zero-order chi connectivity index (χ0) is 32.1. The number of hydrogen-bond acceptors (Lipinski definition) is 6. The van der Waals surface area contributed by atoms with Crippen molar-refractivity contribution in [1.82, 2.24) is 9.55 Å². The van der Waals surface area contributed by atoms with E-state index < -0.39 is 12.0 Å². The second kappa shape index (κ2) is 11.6. The summed E-state index contributed by atoms with van der Waals surface area (Å²) in [7, 11) is 1.60. The summed E-state index contributed by atoms with van der Waals surface area (Å²) in [6.07, 6.45) is 1.96. The number of rotatable bonds is 6. The number of carbonyl (C=O) groups is 1. The Labute approximate surface area is 269 Å². The molecule has 4 aromatic carbocycles. The van der Waals surface area contributed by atoms with Crippen LogP contribution < -0.4 is 19.6 Å². The van der Waals surface area contributed by atoms with Crippen LogP contribution in [0.4, 0.5) is 0 Å². The predicted octanol–water partition coefficient (Wildman–Crippen LogP) is 6.73. The Morgan fingerprint density at radius 1 is 1.00 bits per heavy atom. The van der Waals surface area contributed by atoms with Gasteiger partial charge in [-0.3, -0.25) is 9.36 Å². The fourth-order valence-electron chi connectivity index (χ4n) is 6.59. The fraction of sp³-hybridized carbons (Fsp3) is 0.184. The van der Waals surface area contributed by atoms with Crippen molar-refractivity contribution in [3.63, 3.8) is 0 Å². The number of carbonyl (C=O) groups excluding carboxylic acids is 1. The molecule has 230 valence electrons. The smallest absolute Gasteiger partial charge is 0.338 e. The van der Waals surface area contributed by atoms with Gasteiger partial charge in [0.2, 0.25) is 0 Å². The highest BCUT2D eigenvalue weighted by Crippen LogP contribution is 2.40. The lowest BCUT2D eigenvalue weighted by atomic mass is 9.90. The van der Waals surface area contributed by atoms with Gasteiger partial charge in [-0.2, -0.15) is 0 Å². The van der Waals surface area contributed by atoms with Gasteiger partial charge in [0.1, 0.15) is 11.8 Å². The van der Waals surface area contributed by atoms with Crippen LogP contribution in [0.3, 0.4) is 0 Å². The number of fused-ring (bicyclic) bond motifs is 3. The van der Waals surface area contributed by atoms with Gasteiger partial charge in [-0.1, -0.05) is 83.6 Å². The van der Waals surface area contributed by atoms with E-state index in [4.69, 9.17) is 14.5 Å². The van der Waals surface area contributed by atoms with Crippen molar-refractivity contribution in [1.29, 1.82) is 0 Å². The molecule has 0 bridgehead atoms. The molecule has 0 saturated carbocycles. The first-order valence-electron chi connectivity index (χ1n) is 15.2. The summed E-state index contributed by atoms with van der Waals surface area (Å²) in [4.78, 5) is 37.3. The van der Waals surface area contributed by atoms with Gasteiger partial charge in [-0.05, 0) is 67.8 Å². The standard InChI is InChI=1S/C38H33N3O4S/c1-6-45-37(43)31-23(4)39-38-41(35(31)32-26-15-11-10-12-24(26)16-17-29(32)44-5)36(42)30(46-38)20-28-27-19-21(2)18-22(3)33(27)40-34(28)25-13-8-7-9-14-25/h7-20,35,40H,6H2,1-5H3/b30-20+/t35-/m1/s1. The summed E-state index contributed by atoms with van der Waals surface area (Å²) in [5.41, 5.74) is 7.49. The molecule has 0 saturated heterocycles. The molecule has 0 spiro atoms. The van der Waals surface area contributed by atoms with Crippen LogP contribution in [0, 0.1) is 13.8 Å². The minimum absolute atomic E-state index is 0.196. The number of ether oxygens (including phenoxy) is 2. The quantitative estimate of drug-likeness (QED) is 0.208. The van der Waals surface area contributed by atoms with Gasteiger partial charge in [-0.15, -0.1) is 0 Å². The SMILES string of the molecule is CCOC(=O)C1=C(C)N=c2s/c(=C/c3c(-c4ccccc4)[nH]c4c(C)cc(C)cc34)c(=O)n2[C@H]1c1c(OC)ccc2ccccc12. The van der Waals surface area contributed by atoms with E-state index in [0.717, 1.165) is 49.6 Å². The third kappa shape index (κ3) is 4.77. The molecule has 6 aromatic rings. The molecule has 3 heterocycles. The van der Waals surface area contributed by atoms with Crippen LogP contribution >= 0.6 is 11.3 Å². The molecule has 8 heteroatoms. The fourth-order valence-corrected chi connectivity index (χ4v) is 7.62. The normalized spacial score (nSPS) is 14.9. The zero-order valence-corrected chi connectivity index (χ0v) is 27.1. The molecule has 7 nitrogen and oxygen atoms in total. The number of aryl methyl sites for hydroxylation is 2. The Balaban J connectivity index is 1.55. The number of allylic oxidation sites excluding steroid dienone is 1. The minimum atomic E-state index is -0.806. The number of benzene rings is 4. The van der Waals surface area contributed by atoms with Crippen LogP contribution in [0.5, 0.6) is 5.75 Å². The number of nitrogens with zero attached hydrogens (tertiary/aromatic N) is 2. The number of methoxy groups -OCH3 is 1. The molecule has 2 aromatic heterocycles. The Kier molecular flexibility index (Phi) is 7.45. The van der Waals surface area contributed by atoms with E-state index in [0.29, 0.717) is 31.9 Å². The van der Waals surface area contributed by atoms with Gasteiger partial charge in [0.15, 0.2) is 4.80 Å². The number of nitrogens with one attached hydrogen (secondary N) is 1. The molecule has 1 N–H and O–H groups in total. The van der Waals surface area contributed by atoms with Crippen LogP contribution in [0.2, 0.25) is 0 Å². The summed E-state index contributed by atoms with van der Waals surface area (Å²) in [5, 5.41) is 2.89. The summed E-state index contributed by atoms with van der Waals surface area (Å²) < 4.78 is 13.6. The van der Waals surface area contributed by atoms with Gasteiger partial charge < -0.3 is 14.5 Å². The van der Waals surface area contributed by atoms with Gasteiger partial charge in [-0.25, -0.2) is 9.79 Å². The molecular formula is C38H33N3O4S. The maximum atomic E-state index is 14.7. The average molecular weight is 628 g/mol. The molecule has 1 aliphatic rings. The van der Waals surface area contributed by atoms with E-state index in [-0.39, 0.29) is 12.2 Å². The Morgan fingerprint density at radius 2 is 1.76 bits per heavy atom. The van der Waals surface area contributed by atoms with Crippen LogP contribution in [0.25, 0.3) is 39.0 Å². The molecule has 0 aliphatic carbocycles. The number of thiazole rings is 1. The highest BCUT2D eigenvalue weighted by atomic mass is 32.1. The number of aromatic nitrogens is 2. The van der Waals surface area contributed by atoms with E-state index in [1.54, 1.807) is 25.5 Å². The van der Waals surface area contributed by atoms with E-state index in [9.17, 15) is 9.59 Å². The number of H-pyrrole nitrogens is 1. The molecule has 0 fully saturated rings. The first-order chi connectivity index (χ1) is 22.3. The van der Waals surface area contributed by atoms with Crippen molar-refractivity contribution in [2.24, 2.45) is 4.99 Å². The number of hydrogen-bond donors (Lipinski definition) is 1. The molecule has 46 heavy (non-hydrogen) atoms. The second-order valence-electron chi connectivity index (χ2n) is 11.5. The Bertz CT molecular complexity index is 2400. The lowest BCUT2D eigenvalue weighted by Crippen LogP contribution is -2.40. The molecule has 1 aliphatic heterocycles. The summed E-state index contributed by atoms with van der Waals surface area (Å²) >= 11 is 1.32. The van der Waals surface area contributed by atoms with Crippen molar-refractivity contribution in [2.75, 3.05) is 13.7 Å². The summed E-state index contributed by atoms with van der Waals surface area (Å²) in [5.74, 6) is 0.0654. The molecule has 0 unspecified atom stereocenters. The minimum Gasteiger partial charge on any atom is -0.496 e. The van der Waals surface area contributed by atoms with Crippen molar-refractivity contribution in [3.8, 4) is 17.0 Å². The first-order valence-corrected chi connectivity index (χ1v) is 16.1. The van der Waals surface area contributed by atoms with E-state index in [1.807, 2.05) is 60.7 Å². The average Bonchev–Trinajstić information content (AvgIpc) is 3.57. The molecule has 0 radical (unpaired) electrons. The van der Waals surface area contributed by atoms with E-state index in [2.05, 4.69) is 43.1 Å². The maximum absolute atomic E-state index is 14.7. The highest BCUT2D eigenvalue weighted by molar-refractivity contribution is 7.07. The highest BCUT2D eigenvalue weighted by Gasteiger charge is 2.36. The van der Waals surface area contributed by atoms with Gasteiger partial charge >= 0.3 is 5.97 Å². The van der Waals surface area contributed by atoms with E-state index >= 15 is 0 Å². The predicted molar refractivity (Wildman–Crippen MR) is 184 cm³/mol. The van der Waals surface area contributed by atoms with Gasteiger partial charge in [0.25, 0.3) is 5.56 Å². The lowest BCUT2D eigenvalue weighted by Gasteiger charge is -2.27. The molecule has 7 rings (SSSR count). The third-order valence-corrected chi connectivity index (χ3v) is 9.55. The van der Waals surface area contributed by atoms with Gasteiger partial charge in [0, 0.05) is 22.0 Å². The number of aromatic amines is 1. The molecule has 1 atom stereocenters. The molecular weight excluding hydrogens is 595 g/mol. The maximum Gasteiger partial charge on any atom is 0.338 e. The Hall–Kier alpha value is -5.21.